The normalized spacial score (nSPS) is 32.3. The van der Waals surface area contributed by atoms with Crippen molar-refractivity contribution in [1.29, 1.82) is 0 Å². The monoisotopic (exact) mass is 561 g/mol. The van der Waals surface area contributed by atoms with Crippen LogP contribution in [-0.4, -0.2) is 120 Å². The topological polar surface area (TPSA) is 109 Å². The van der Waals surface area contributed by atoms with Crippen molar-refractivity contribution < 1.29 is 33.7 Å². The number of esters is 1. The van der Waals surface area contributed by atoms with Gasteiger partial charge >= 0.3 is 5.97 Å². The molecule has 0 radical (unpaired) electrons. The Bertz CT molecular complexity index is 967. The highest BCUT2D eigenvalue weighted by atomic mass is 16.6. The van der Waals surface area contributed by atoms with Gasteiger partial charge in [-0.15, -0.1) is 6.58 Å². The van der Waals surface area contributed by atoms with Crippen LogP contribution in [0, 0.1) is 17.8 Å². The molecule has 2 bridgehead atoms. The molecular formula is C30H47N3O7. The lowest BCUT2D eigenvalue weighted by Gasteiger charge is -2.40. The van der Waals surface area contributed by atoms with E-state index in [1.807, 2.05) is 20.8 Å². The van der Waals surface area contributed by atoms with Crippen LogP contribution in [0.5, 0.6) is 0 Å². The lowest BCUT2D eigenvalue weighted by atomic mass is 9.65. The molecule has 0 saturated carbocycles. The second-order valence-electron chi connectivity index (χ2n) is 12.0. The Hall–Kier alpha value is -2.27. The van der Waals surface area contributed by atoms with Crippen LogP contribution in [0.2, 0.25) is 0 Å². The summed E-state index contributed by atoms with van der Waals surface area (Å²) in [6, 6.07) is -1.52. The summed E-state index contributed by atoms with van der Waals surface area (Å²) in [4.78, 5) is 48.0. The van der Waals surface area contributed by atoms with Crippen LogP contribution in [0.3, 0.4) is 0 Å². The minimum atomic E-state index is -1.16. The van der Waals surface area contributed by atoms with Crippen molar-refractivity contribution in [2.75, 3.05) is 59.2 Å². The number of hydrogen-bond donors (Lipinski definition) is 1. The number of aliphatic hydroxyl groups is 1. The number of morpholine rings is 1. The maximum absolute atomic E-state index is 14.6. The fraction of sp³-hybridized carbons (Fsp3) is 0.767. The predicted molar refractivity (Wildman–Crippen MR) is 149 cm³/mol. The van der Waals surface area contributed by atoms with Crippen LogP contribution in [-0.2, 0) is 28.6 Å². The zero-order valence-electron chi connectivity index (χ0n) is 24.4. The van der Waals surface area contributed by atoms with E-state index in [9.17, 15) is 19.5 Å². The molecule has 0 aliphatic carbocycles. The molecule has 1 spiro atoms. The number of rotatable bonds is 14. The van der Waals surface area contributed by atoms with Gasteiger partial charge in [0.1, 0.15) is 24.2 Å². The number of hydrogen-bond acceptors (Lipinski definition) is 8. The van der Waals surface area contributed by atoms with E-state index in [0.717, 1.165) is 13.1 Å². The molecule has 4 saturated heterocycles. The summed E-state index contributed by atoms with van der Waals surface area (Å²) in [5.74, 6) is -2.51. The first-order valence-electron chi connectivity index (χ1n) is 14.8. The predicted octanol–water partition coefficient (Wildman–Crippen LogP) is 1.62. The molecule has 224 valence electrons. The van der Waals surface area contributed by atoms with Gasteiger partial charge in [0.25, 0.3) is 0 Å². The van der Waals surface area contributed by atoms with Crippen LogP contribution in [0.15, 0.2) is 25.3 Å². The van der Waals surface area contributed by atoms with Crippen LogP contribution in [0.1, 0.15) is 46.5 Å². The van der Waals surface area contributed by atoms with E-state index in [0.29, 0.717) is 58.5 Å². The Morgan fingerprint density at radius 2 is 1.95 bits per heavy atom. The van der Waals surface area contributed by atoms with Gasteiger partial charge in [0.15, 0.2) is 0 Å². The van der Waals surface area contributed by atoms with Gasteiger partial charge in [-0.05, 0) is 31.6 Å². The van der Waals surface area contributed by atoms with Crippen molar-refractivity contribution in [3.8, 4) is 0 Å². The van der Waals surface area contributed by atoms with Crippen LogP contribution >= 0.6 is 0 Å². The summed E-state index contributed by atoms with van der Waals surface area (Å²) in [5.41, 5.74) is -2.03. The van der Waals surface area contributed by atoms with Crippen molar-refractivity contribution in [2.45, 2.75) is 69.7 Å². The zero-order chi connectivity index (χ0) is 29.1. The van der Waals surface area contributed by atoms with E-state index in [4.69, 9.17) is 14.2 Å². The van der Waals surface area contributed by atoms with E-state index in [2.05, 4.69) is 18.1 Å². The van der Waals surface area contributed by atoms with Gasteiger partial charge in [0.05, 0.1) is 37.4 Å². The first-order chi connectivity index (χ1) is 19.2. The Morgan fingerprint density at radius 1 is 1.23 bits per heavy atom. The molecule has 0 aromatic carbocycles. The van der Waals surface area contributed by atoms with E-state index in [1.165, 1.54) is 6.08 Å². The molecule has 1 N–H and O–H groups in total. The molecule has 10 heteroatoms. The minimum absolute atomic E-state index is 0.0381. The fourth-order valence-electron chi connectivity index (χ4n) is 7.45. The van der Waals surface area contributed by atoms with Crippen molar-refractivity contribution in [2.24, 2.45) is 17.8 Å². The third kappa shape index (κ3) is 5.35. The van der Waals surface area contributed by atoms with Crippen LogP contribution in [0.4, 0.5) is 0 Å². The molecule has 6 atom stereocenters. The standard InChI is InChI=1S/C30H47N3O7/c1-6-11-32(13-12-31-14-17-38-18-15-31)27(36)25-30-10-9-29(8-3,40-30)24(28(37)39-16-7-2)23(30)26(35)33(25)22(20-34)19-21(4)5/h6-7,21-25,34H,1-2,8-20H2,3-5H3/t22-,23+,24+,25?,29-,30?/m1/s1. The summed E-state index contributed by atoms with van der Waals surface area (Å²) in [7, 11) is 0. The number of carbonyl (C=O) groups excluding carboxylic acids is 3. The average Bonchev–Trinajstić information content (AvgIpc) is 3.56. The van der Waals surface area contributed by atoms with Crippen molar-refractivity contribution in [1.82, 2.24) is 14.7 Å². The maximum Gasteiger partial charge on any atom is 0.313 e. The van der Waals surface area contributed by atoms with E-state index >= 15 is 0 Å². The molecule has 2 amide bonds. The van der Waals surface area contributed by atoms with Gasteiger partial charge in [-0.1, -0.05) is 39.5 Å². The number of aliphatic hydroxyl groups excluding tert-OH is 1. The largest absolute Gasteiger partial charge is 0.461 e. The van der Waals surface area contributed by atoms with E-state index < -0.39 is 41.1 Å². The van der Waals surface area contributed by atoms with Crippen LogP contribution in [0.25, 0.3) is 0 Å². The summed E-state index contributed by atoms with van der Waals surface area (Å²) >= 11 is 0. The summed E-state index contributed by atoms with van der Waals surface area (Å²) in [6.07, 6.45) is 5.29. The second-order valence-corrected chi connectivity index (χ2v) is 12.0. The highest BCUT2D eigenvalue weighted by Crippen LogP contribution is 2.65. The molecular weight excluding hydrogens is 514 g/mol. The van der Waals surface area contributed by atoms with Crippen molar-refractivity contribution in [3.05, 3.63) is 25.3 Å². The lowest BCUT2D eigenvalue weighted by molar-refractivity contribution is -0.163. The quantitative estimate of drug-likeness (QED) is 0.252. The molecule has 40 heavy (non-hydrogen) atoms. The molecule has 10 nitrogen and oxygen atoms in total. The minimum Gasteiger partial charge on any atom is -0.461 e. The third-order valence-electron chi connectivity index (χ3n) is 9.25. The van der Waals surface area contributed by atoms with Gasteiger partial charge in [-0.25, -0.2) is 0 Å². The van der Waals surface area contributed by atoms with Crippen LogP contribution < -0.4 is 0 Å². The number of likely N-dealkylation sites (tertiary alicyclic amines) is 1. The Kier molecular flexibility index (Phi) is 9.75. The molecule has 0 aromatic heterocycles. The highest BCUT2D eigenvalue weighted by Gasteiger charge is 2.79. The Balaban J connectivity index is 1.73. The van der Waals surface area contributed by atoms with Crippen molar-refractivity contribution in [3.63, 3.8) is 0 Å². The first kappa shape index (κ1) is 30.7. The van der Waals surface area contributed by atoms with Gasteiger partial charge in [0.2, 0.25) is 11.8 Å². The van der Waals surface area contributed by atoms with Crippen molar-refractivity contribution >= 4 is 17.8 Å². The zero-order valence-corrected chi connectivity index (χ0v) is 24.4. The fourth-order valence-corrected chi connectivity index (χ4v) is 7.45. The highest BCUT2D eigenvalue weighted by molar-refractivity contribution is 5.98. The molecule has 4 heterocycles. The van der Waals surface area contributed by atoms with Gasteiger partial charge in [-0.3, -0.25) is 19.3 Å². The van der Waals surface area contributed by atoms with Gasteiger partial charge < -0.3 is 29.1 Å². The lowest BCUT2D eigenvalue weighted by Crippen LogP contribution is -2.59. The van der Waals surface area contributed by atoms with E-state index in [-0.39, 0.29) is 30.9 Å². The van der Waals surface area contributed by atoms with Gasteiger partial charge in [0, 0.05) is 32.7 Å². The average molecular weight is 562 g/mol. The molecule has 2 unspecified atom stereocenters. The maximum atomic E-state index is 14.6. The number of carbonyl (C=O) groups is 3. The second kappa shape index (κ2) is 12.7. The number of amides is 2. The third-order valence-corrected chi connectivity index (χ3v) is 9.25. The summed E-state index contributed by atoms with van der Waals surface area (Å²) in [5, 5.41) is 10.5. The van der Waals surface area contributed by atoms with E-state index in [1.54, 1.807) is 15.9 Å². The molecule has 4 aliphatic rings. The Morgan fingerprint density at radius 3 is 2.55 bits per heavy atom. The number of fused-ring (bicyclic) bond motifs is 1. The molecule has 4 fully saturated rings. The summed E-state index contributed by atoms with van der Waals surface area (Å²) in [6.45, 7) is 17.7. The number of nitrogens with zero attached hydrogens (tertiary/aromatic N) is 3. The molecule has 4 aliphatic heterocycles. The molecule has 4 rings (SSSR count). The Labute approximate surface area is 238 Å². The number of ether oxygens (including phenoxy) is 3. The first-order valence-corrected chi connectivity index (χ1v) is 14.8. The SMILES string of the molecule is C=CCOC(=O)[C@@H]1[C@H]2C(=O)N([C@@H](CO)CC(C)C)C(C(=O)N(CC=C)CCN3CCOCC3)C23CC[C@@]1(CC)O3. The van der Waals surface area contributed by atoms with Gasteiger partial charge in [-0.2, -0.15) is 0 Å². The molecule has 0 aromatic rings. The summed E-state index contributed by atoms with van der Waals surface area (Å²) < 4.78 is 17.8. The smallest absolute Gasteiger partial charge is 0.313 e.